The predicted octanol–water partition coefficient (Wildman–Crippen LogP) is 13.4. The first-order valence-corrected chi connectivity index (χ1v) is 17.2. The van der Waals surface area contributed by atoms with Gasteiger partial charge in [0, 0.05) is 22.3 Å². The van der Waals surface area contributed by atoms with E-state index >= 15 is 0 Å². The van der Waals surface area contributed by atoms with Crippen LogP contribution >= 0.6 is 0 Å². The maximum absolute atomic E-state index is 6.45. The minimum Gasteiger partial charge on any atom is -0.455 e. The van der Waals surface area contributed by atoms with E-state index in [9.17, 15) is 0 Å². The number of fused-ring (bicyclic) bond motifs is 3. The van der Waals surface area contributed by atoms with Crippen molar-refractivity contribution in [2.45, 2.75) is 5.92 Å². The van der Waals surface area contributed by atoms with Gasteiger partial charge in [0.25, 0.3) is 0 Å². The molecule has 1 atom stereocenters. The van der Waals surface area contributed by atoms with E-state index in [0.29, 0.717) is 0 Å². The van der Waals surface area contributed by atoms with E-state index in [1.165, 1.54) is 50.1 Å². The minimum atomic E-state index is 0.0455. The zero-order valence-electron chi connectivity index (χ0n) is 27.5. The maximum Gasteiger partial charge on any atom is 0.143 e. The van der Waals surface area contributed by atoms with E-state index in [2.05, 4.69) is 188 Å². The van der Waals surface area contributed by atoms with Crippen LogP contribution in [0, 0.1) is 0 Å². The molecular weight excluding hydrogens is 605 g/mol. The summed E-state index contributed by atoms with van der Waals surface area (Å²) >= 11 is 0. The van der Waals surface area contributed by atoms with E-state index < -0.39 is 0 Å². The third-order valence-corrected chi connectivity index (χ3v) is 9.86. The Labute approximate surface area is 292 Å². The van der Waals surface area contributed by atoms with Gasteiger partial charge in [-0.05, 0) is 61.7 Å². The van der Waals surface area contributed by atoms with Crippen LogP contribution in [0.25, 0.3) is 66.4 Å². The average Bonchev–Trinajstić information content (AvgIpc) is 3.59. The second-order valence-electron chi connectivity index (χ2n) is 12.9. The van der Waals surface area contributed by atoms with Crippen molar-refractivity contribution in [2.24, 2.45) is 0 Å². The fourth-order valence-electron chi connectivity index (χ4n) is 7.29. The first-order chi connectivity index (χ1) is 24.8. The summed E-state index contributed by atoms with van der Waals surface area (Å²) in [7, 11) is 0. The van der Waals surface area contributed by atoms with Gasteiger partial charge in [-0.15, -0.1) is 0 Å². The lowest BCUT2D eigenvalue weighted by Crippen LogP contribution is -2.04. The van der Waals surface area contributed by atoms with Crippen LogP contribution in [0.1, 0.15) is 22.6 Å². The molecule has 1 heterocycles. The highest BCUT2D eigenvalue weighted by Crippen LogP contribution is 2.39. The Morgan fingerprint density at radius 2 is 0.740 bits per heavy atom. The molecule has 0 aliphatic carbocycles. The Morgan fingerprint density at radius 3 is 1.32 bits per heavy atom. The Kier molecular flexibility index (Phi) is 7.64. The molecule has 0 aliphatic heterocycles. The highest BCUT2D eigenvalue weighted by atomic mass is 16.3. The van der Waals surface area contributed by atoms with E-state index in [1.807, 2.05) is 12.1 Å². The average molecular weight is 639 g/mol. The molecule has 236 valence electrons. The highest BCUT2D eigenvalue weighted by Gasteiger charge is 2.19. The normalized spacial score (nSPS) is 11.9. The molecule has 0 N–H and O–H groups in total. The molecule has 0 bridgehead atoms. The van der Waals surface area contributed by atoms with E-state index in [4.69, 9.17) is 4.42 Å². The van der Waals surface area contributed by atoms with Crippen LogP contribution in [0.4, 0.5) is 0 Å². The molecule has 0 spiro atoms. The van der Waals surface area contributed by atoms with Crippen LogP contribution < -0.4 is 0 Å². The van der Waals surface area contributed by atoms with Gasteiger partial charge in [-0.2, -0.15) is 0 Å². The van der Waals surface area contributed by atoms with Gasteiger partial charge < -0.3 is 4.42 Å². The van der Waals surface area contributed by atoms with Crippen molar-refractivity contribution in [3.8, 4) is 44.5 Å². The minimum absolute atomic E-state index is 0.0455. The molecule has 1 nitrogen and oxygen atoms in total. The summed E-state index contributed by atoms with van der Waals surface area (Å²) in [4.78, 5) is 0. The van der Waals surface area contributed by atoms with E-state index in [0.717, 1.165) is 33.1 Å². The summed E-state index contributed by atoms with van der Waals surface area (Å²) in [6, 6.07) is 71.9. The molecule has 1 heteroatoms. The second kappa shape index (κ2) is 12.9. The predicted molar refractivity (Wildman–Crippen MR) is 209 cm³/mol. The van der Waals surface area contributed by atoms with Crippen molar-refractivity contribution >= 4 is 21.9 Å². The van der Waals surface area contributed by atoms with Crippen LogP contribution in [-0.2, 0) is 0 Å². The second-order valence-corrected chi connectivity index (χ2v) is 12.9. The zero-order chi connectivity index (χ0) is 33.3. The lowest BCUT2D eigenvalue weighted by molar-refractivity contribution is 0.670. The molecule has 50 heavy (non-hydrogen) atoms. The summed E-state index contributed by atoms with van der Waals surface area (Å²) in [5, 5.41) is 2.29. The Bertz CT molecular complexity index is 2540. The molecule has 0 amide bonds. The smallest absolute Gasteiger partial charge is 0.143 e. The molecule has 8 aromatic carbocycles. The maximum atomic E-state index is 6.45. The molecule has 0 fully saturated rings. The molecule has 0 radical (unpaired) electrons. The highest BCUT2D eigenvalue weighted by molar-refractivity contribution is 6.09. The number of hydrogen-bond acceptors (Lipinski definition) is 1. The summed E-state index contributed by atoms with van der Waals surface area (Å²) in [6.45, 7) is 0. The van der Waals surface area contributed by atoms with Crippen LogP contribution in [-0.4, -0.2) is 0 Å². The van der Waals surface area contributed by atoms with Gasteiger partial charge in [-0.25, -0.2) is 0 Å². The first-order valence-electron chi connectivity index (χ1n) is 17.2. The third-order valence-electron chi connectivity index (χ3n) is 9.86. The van der Waals surface area contributed by atoms with Crippen molar-refractivity contribution in [2.75, 3.05) is 0 Å². The standard InChI is InChI=1S/C49H34O/c1-3-11-34(12-4-1)36-21-23-38(24-22-36)39-27-31-41(32-28-39)48(40-29-25-37(26-30-40)35-13-5-2-6-14-35)43-16-9-15-42(33-43)44-18-10-19-46-45-17-7-8-20-47(45)50-49(44)46/h1-33,48H. The zero-order valence-corrected chi connectivity index (χ0v) is 27.5. The number of para-hydroxylation sites is 2. The van der Waals surface area contributed by atoms with Crippen LogP contribution in [0.2, 0.25) is 0 Å². The van der Waals surface area contributed by atoms with Gasteiger partial charge in [0.15, 0.2) is 0 Å². The monoisotopic (exact) mass is 638 g/mol. The molecule has 9 rings (SSSR count). The van der Waals surface area contributed by atoms with Crippen molar-refractivity contribution in [3.63, 3.8) is 0 Å². The van der Waals surface area contributed by atoms with Crippen LogP contribution in [0.15, 0.2) is 205 Å². The first kappa shape index (κ1) is 29.7. The van der Waals surface area contributed by atoms with Gasteiger partial charge in [0.2, 0.25) is 0 Å². The van der Waals surface area contributed by atoms with Crippen molar-refractivity contribution in [3.05, 3.63) is 217 Å². The number of furan rings is 1. The van der Waals surface area contributed by atoms with Crippen molar-refractivity contribution in [1.82, 2.24) is 0 Å². The quantitative estimate of drug-likeness (QED) is 0.158. The number of rotatable bonds is 7. The molecule has 0 aliphatic rings. The third kappa shape index (κ3) is 5.59. The fraction of sp³-hybridized carbons (Fsp3) is 0.0204. The number of benzene rings is 8. The van der Waals surface area contributed by atoms with E-state index in [1.54, 1.807) is 0 Å². The van der Waals surface area contributed by atoms with Crippen LogP contribution in [0.5, 0.6) is 0 Å². The van der Waals surface area contributed by atoms with Crippen LogP contribution in [0.3, 0.4) is 0 Å². The summed E-state index contributed by atoms with van der Waals surface area (Å²) in [5.41, 5.74) is 15.1. The lowest BCUT2D eigenvalue weighted by atomic mass is 9.83. The van der Waals surface area contributed by atoms with Crippen molar-refractivity contribution in [1.29, 1.82) is 0 Å². The van der Waals surface area contributed by atoms with Gasteiger partial charge in [-0.3, -0.25) is 0 Å². The van der Waals surface area contributed by atoms with Crippen molar-refractivity contribution < 1.29 is 4.42 Å². The summed E-state index contributed by atoms with van der Waals surface area (Å²) in [6.07, 6.45) is 0. The van der Waals surface area contributed by atoms with Gasteiger partial charge in [-0.1, -0.05) is 194 Å². The fourth-order valence-corrected chi connectivity index (χ4v) is 7.29. The SMILES string of the molecule is c1ccc(-c2ccc(-c3ccc(C(c4ccc(-c5ccccc5)cc4)c4cccc(-c5cccc6c5oc5ccccc56)c4)cc3)cc2)cc1. The van der Waals surface area contributed by atoms with Gasteiger partial charge in [0.1, 0.15) is 11.2 Å². The molecule has 0 saturated carbocycles. The van der Waals surface area contributed by atoms with E-state index in [-0.39, 0.29) is 5.92 Å². The lowest BCUT2D eigenvalue weighted by Gasteiger charge is -2.21. The summed E-state index contributed by atoms with van der Waals surface area (Å²) in [5.74, 6) is 0.0455. The Morgan fingerprint density at radius 1 is 0.300 bits per heavy atom. The molecule has 1 unspecified atom stereocenters. The molecule has 9 aromatic rings. The molecule has 1 aromatic heterocycles. The van der Waals surface area contributed by atoms with Gasteiger partial charge >= 0.3 is 0 Å². The molecular formula is C49H34O. The Balaban J connectivity index is 1.11. The van der Waals surface area contributed by atoms with Gasteiger partial charge in [0.05, 0.1) is 0 Å². The topological polar surface area (TPSA) is 13.1 Å². The molecule has 0 saturated heterocycles. The Hall–Kier alpha value is -6.44. The largest absolute Gasteiger partial charge is 0.455 e. The number of hydrogen-bond donors (Lipinski definition) is 0. The summed E-state index contributed by atoms with van der Waals surface area (Å²) < 4.78 is 6.45.